The van der Waals surface area contributed by atoms with Gasteiger partial charge in [0.2, 0.25) is 0 Å². The van der Waals surface area contributed by atoms with Crippen molar-refractivity contribution in [1.82, 2.24) is 5.32 Å². The van der Waals surface area contributed by atoms with Crippen molar-refractivity contribution in [2.75, 3.05) is 0 Å². The van der Waals surface area contributed by atoms with Crippen molar-refractivity contribution in [3.63, 3.8) is 0 Å². The third-order valence-electron chi connectivity index (χ3n) is 3.81. The van der Waals surface area contributed by atoms with Crippen molar-refractivity contribution in [3.05, 3.63) is 59.4 Å². The molecule has 1 aliphatic rings. The minimum atomic E-state index is 0.296. The summed E-state index contributed by atoms with van der Waals surface area (Å²) >= 11 is 0. The molecule has 0 aromatic carbocycles. The van der Waals surface area contributed by atoms with Gasteiger partial charge >= 0.3 is 0 Å². The van der Waals surface area contributed by atoms with Crippen LogP contribution in [0.3, 0.4) is 0 Å². The van der Waals surface area contributed by atoms with Crippen LogP contribution in [0, 0.1) is 5.92 Å². The molecule has 0 amide bonds. The van der Waals surface area contributed by atoms with E-state index in [2.05, 4.69) is 64.4 Å². The highest BCUT2D eigenvalue weighted by Crippen LogP contribution is 2.30. The summed E-state index contributed by atoms with van der Waals surface area (Å²) in [5.41, 5.74) is 6.04. The van der Waals surface area contributed by atoms with Crippen molar-refractivity contribution >= 4 is 0 Å². The van der Waals surface area contributed by atoms with Crippen molar-refractivity contribution in [3.8, 4) is 0 Å². The van der Waals surface area contributed by atoms with Crippen LogP contribution in [0.5, 0.6) is 0 Å². The lowest BCUT2D eigenvalue weighted by Crippen LogP contribution is -2.34. The summed E-state index contributed by atoms with van der Waals surface area (Å²) in [7, 11) is 0. The van der Waals surface area contributed by atoms with Gasteiger partial charge in [0.05, 0.1) is 6.04 Å². The Kier molecular flexibility index (Phi) is 5.41. The van der Waals surface area contributed by atoms with Gasteiger partial charge in [0.15, 0.2) is 0 Å². The zero-order valence-corrected chi connectivity index (χ0v) is 13.0. The van der Waals surface area contributed by atoms with Crippen LogP contribution in [0.1, 0.15) is 41.0 Å². The van der Waals surface area contributed by atoms with Crippen molar-refractivity contribution < 1.29 is 0 Å². The summed E-state index contributed by atoms with van der Waals surface area (Å²) in [6.45, 7) is 18.9. The van der Waals surface area contributed by atoms with Gasteiger partial charge in [0, 0.05) is 5.70 Å². The third-order valence-corrected chi connectivity index (χ3v) is 3.81. The second-order valence-corrected chi connectivity index (χ2v) is 5.39. The first-order valence-corrected chi connectivity index (χ1v) is 7.08. The van der Waals surface area contributed by atoms with E-state index < -0.39 is 0 Å². The van der Waals surface area contributed by atoms with E-state index in [4.69, 9.17) is 0 Å². The van der Waals surface area contributed by atoms with Crippen molar-refractivity contribution in [2.45, 2.75) is 47.1 Å². The maximum atomic E-state index is 4.11. The van der Waals surface area contributed by atoms with E-state index in [0.717, 1.165) is 17.7 Å². The van der Waals surface area contributed by atoms with Crippen molar-refractivity contribution in [2.24, 2.45) is 5.92 Å². The molecule has 1 nitrogen and oxygen atoms in total. The van der Waals surface area contributed by atoms with E-state index in [0.29, 0.717) is 12.0 Å². The molecule has 1 heteroatoms. The molecule has 1 rings (SSSR count). The first-order chi connectivity index (χ1) is 8.90. The topological polar surface area (TPSA) is 12.0 Å². The van der Waals surface area contributed by atoms with Gasteiger partial charge in [0.25, 0.3) is 0 Å². The molecular weight excluding hydrogens is 230 g/mol. The standard InChI is InChI=1S/C18H27N/c1-8-13(5)15(7)19-18-11-17(12(3)4)16(9-2)10-14(18)6/h8,10-11,14,18-19H,3,7,9H2,1-2,4-6H3/b13-8+. The molecule has 0 aromatic heterocycles. The van der Waals surface area contributed by atoms with E-state index in [1.807, 2.05) is 6.92 Å². The van der Waals surface area contributed by atoms with Gasteiger partial charge < -0.3 is 5.32 Å². The van der Waals surface area contributed by atoms with Crippen LogP contribution in [0.25, 0.3) is 0 Å². The number of allylic oxidation sites excluding steroid dienone is 5. The molecule has 1 aliphatic carbocycles. The third kappa shape index (κ3) is 3.73. The van der Waals surface area contributed by atoms with Gasteiger partial charge in [-0.3, -0.25) is 0 Å². The highest BCUT2D eigenvalue weighted by Gasteiger charge is 2.21. The minimum absolute atomic E-state index is 0.296. The predicted molar refractivity (Wildman–Crippen MR) is 85.9 cm³/mol. The van der Waals surface area contributed by atoms with Gasteiger partial charge in [-0.2, -0.15) is 0 Å². The van der Waals surface area contributed by atoms with E-state index >= 15 is 0 Å². The number of hydrogen-bond acceptors (Lipinski definition) is 1. The lowest BCUT2D eigenvalue weighted by molar-refractivity contribution is 0.536. The van der Waals surface area contributed by atoms with Crippen LogP contribution >= 0.6 is 0 Å². The summed E-state index contributed by atoms with van der Waals surface area (Å²) in [4.78, 5) is 0. The van der Waals surface area contributed by atoms with E-state index in [-0.39, 0.29) is 0 Å². The van der Waals surface area contributed by atoms with Gasteiger partial charge in [-0.25, -0.2) is 0 Å². The van der Waals surface area contributed by atoms with E-state index in [1.54, 1.807) is 0 Å². The molecule has 0 spiro atoms. The average Bonchev–Trinajstić information content (AvgIpc) is 2.38. The smallest absolute Gasteiger partial charge is 0.0513 e. The van der Waals surface area contributed by atoms with Crippen LogP contribution in [0.15, 0.2) is 59.4 Å². The lowest BCUT2D eigenvalue weighted by Gasteiger charge is -2.29. The normalized spacial score (nSPS) is 23.5. The molecule has 0 aliphatic heterocycles. The van der Waals surface area contributed by atoms with Gasteiger partial charge in [0.1, 0.15) is 0 Å². The summed E-state index contributed by atoms with van der Waals surface area (Å²) in [6, 6.07) is 0.296. The fraction of sp³-hybridized carbons (Fsp3) is 0.444. The Morgan fingerprint density at radius 3 is 2.42 bits per heavy atom. The Morgan fingerprint density at radius 2 is 1.95 bits per heavy atom. The average molecular weight is 257 g/mol. The number of rotatable bonds is 5. The van der Waals surface area contributed by atoms with Crippen molar-refractivity contribution in [1.29, 1.82) is 0 Å². The Bertz CT molecular complexity index is 460. The Labute approximate surface area is 118 Å². The summed E-state index contributed by atoms with van der Waals surface area (Å²) in [5.74, 6) is 0.472. The molecule has 0 aromatic rings. The molecule has 0 fully saturated rings. The highest BCUT2D eigenvalue weighted by atomic mass is 14.9. The molecule has 19 heavy (non-hydrogen) atoms. The molecule has 104 valence electrons. The van der Waals surface area contributed by atoms with Gasteiger partial charge in [-0.05, 0) is 49.8 Å². The fourth-order valence-electron chi connectivity index (χ4n) is 2.34. The van der Waals surface area contributed by atoms with Crippen LogP contribution in [0.4, 0.5) is 0 Å². The molecule has 0 bridgehead atoms. The molecule has 1 N–H and O–H groups in total. The highest BCUT2D eigenvalue weighted by molar-refractivity contribution is 5.48. The Balaban J connectivity index is 2.95. The quantitative estimate of drug-likeness (QED) is 0.690. The first-order valence-electron chi connectivity index (χ1n) is 7.08. The predicted octanol–water partition coefficient (Wildman–Crippen LogP) is 4.91. The maximum absolute atomic E-state index is 4.11. The summed E-state index contributed by atoms with van der Waals surface area (Å²) in [6.07, 6.45) is 7.81. The lowest BCUT2D eigenvalue weighted by atomic mass is 9.84. The maximum Gasteiger partial charge on any atom is 0.0513 e. The van der Waals surface area contributed by atoms with E-state index in [1.165, 1.54) is 16.7 Å². The number of hydrogen-bond donors (Lipinski definition) is 1. The Morgan fingerprint density at radius 1 is 1.32 bits per heavy atom. The second kappa shape index (κ2) is 6.60. The molecule has 2 unspecified atom stereocenters. The monoisotopic (exact) mass is 257 g/mol. The van der Waals surface area contributed by atoms with Crippen LogP contribution in [-0.2, 0) is 0 Å². The molecule has 0 saturated carbocycles. The number of nitrogens with one attached hydrogen (secondary N) is 1. The van der Waals surface area contributed by atoms with E-state index in [9.17, 15) is 0 Å². The molecule has 0 saturated heterocycles. The first kappa shape index (κ1) is 15.6. The SMILES string of the molecule is C=C(C)C1=CC(NC(=C)/C(C)=C/C)C(C)C=C1CC. The largest absolute Gasteiger partial charge is 0.379 e. The molecule has 0 heterocycles. The summed E-state index contributed by atoms with van der Waals surface area (Å²) < 4.78 is 0. The van der Waals surface area contributed by atoms with Gasteiger partial charge in [-0.15, -0.1) is 0 Å². The zero-order chi connectivity index (χ0) is 14.6. The minimum Gasteiger partial charge on any atom is -0.379 e. The molecule has 0 radical (unpaired) electrons. The Hall–Kier alpha value is -1.50. The van der Waals surface area contributed by atoms with Crippen LogP contribution < -0.4 is 5.32 Å². The fourth-order valence-corrected chi connectivity index (χ4v) is 2.34. The van der Waals surface area contributed by atoms with Crippen LogP contribution in [0.2, 0.25) is 0 Å². The van der Waals surface area contributed by atoms with Gasteiger partial charge in [-0.1, -0.05) is 50.8 Å². The zero-order valence-electron chi connectivity index (χ0n) is 13.0. The second-order valence-electron chi connectivity index (χ2n) is 5.39. The summed E-state index contributed by atoms with van der Waals surface area (Å²) in [5, 5.41) is 3.52. The molecular formula is C18H27N. The molecule has 2 atom stereocenters. The van der Waals surface area contributed by atoms with Crippen LogP contribution in [-0.4, -0.2) is 6.04 Å².